The molecule has 2 N–H and O–H groups in total. The van der Waals surface area contributed by atoms with Gasteiger partial charge >= 0.3 is 0 Å². The smallest absolute Gasteiger partial charge is 0.160 e. The summed E-state index contributed by atoms with van der Waals surface area (Å²) in [6.07, 6.45) is 5.15. The fourth-order valence-corrected chi connectivity index (χ4v) is 2.32. The average molecular weight is 279 g/mol. The van der Waals surface area contributed by atoms with Crippen LogP contribution in [-0.4, -0.2) is 18.8 Å². The monoisotopic (exact) mass is 279 g/mol. The number of rotatable bonds is 9. The zero-order chi connectivity index (χ0) is 15.0. The van der Waals surface area contributed by atoms with Gasteiger partial charge in [-0.1, -0.05) is 46.1 Å². The van der Waals surface area contributed by atoms with Crippen molar-refractivity contribution in [1.29, 1.82) is 0 Å². The van der Waals surface area contributed by atoms with Crippen molar-refractivity contribution in [2.24, 2.45) is 5.41 Å². The van der Waals surface area contributed by atoms with Crippen LogP contribution in [-0.2, 0) is 6.54 Å². The minimum Gasteiger partial charge on any atom is -0.504 e. The third kappa shape index (κ3) is 5.83. The summed E-state index contributed by atoms with van der Waals surface area (Å²) in [5, 5.41) is 13.1. The number of phenolic OH excluding ortho intramolecular Hbond substituents is 1. The fraction of sp³-hybridized carbons (Fsp3) is 0.647. The summed E-state index contributed by atoms with van der Waals surface area (Å²) in [6.45, 7) is 8.66. The molecule has 3 nitrogen and oxygen atoms in total. The van der Waals surface area contributed by atoms with Crippen LogP contribution < -0.4 is 10.1 Å². The Morgan fingerprint density at radius 1 is 1.25 bits per heavy atom. The van der Waals surface area contributed by atoms with E-state index in [1.807, 2.05) is 12.1 Å². The van der Waals surface area contributed by atoms with Gasteiger partial charge in [0.2, 0.25) is 0 Å². The molecular formula is C17H29NO2. The molecule has 0 aromatic heterocycles. The molecule has 114 valence electrons. The molecule has 0 aliphatic carbocycles. The largest absolute Gasteiger partial charge is 0.504 e. The number of aromatic hydroxyl groups is 1. The number of ether oxygens (including phenoxy) is 1. The number of benzene rings is 1. The molecule has 3 heteroatoms. The number of unbranched alkanes of at least 4 members (excludes halogenated alkanes) is 2. The maximum absolute atomic E-state index is 9.56. The topological polar surface area (TPSA) is 41.5 Å². The molecule has 0 heterocycles. The highest BCUT2D eigenvalue weighted by Crippen LogP contribution is 2.26. The van der Waals surface area contributed by atoms with Crippen LogP contribution in [0.4, 0.5) is 0 Å². The molecule has 0 aliphatic rings. The molecule has 1 aromatic carbocycles. The van der Waals surface area contributed by atoms with E-state index in [-0.39, 0.29) is 5.75 Å². The van der Waals surface area contributed by atoms with Crippen LogP contribution in [0.2, 0.25) is 0 Å². The van der Waals surface area contributed by atoms with Gasteiger partial charge in [-0.3, -0.25) is 0 Å². The van der Waals surface area contributed by atoms with Gasteiger partial charge < -0.3 is 15.2 Å². The lowest BCUT2D eigenvalue weighted by Crippen LogP contribution is -2.29. The lowest BCUT2D eigenvalue weighted by molar-refractivity contribution is 0.301. The predicted octanol–water partition coefficient (Wildman–Crippen LogP) is 4.10. The highest BCUT2D eigenvalue weighted by molar-refractivity contribution is 5.41. The van der Waals surface area contributed by atoms with Crippen LogP contribution in [0.1, 0.15) is 52.0 Å². The minimum absolute atomic E-state index is 0.191. The first kappa shape index (κ1) is 16.8. The Labute approximate surface area is 123 Å². The van der Waals surface area contributed by atoms with Crippen molar-refractivity contribution in [3.63, 3.8) is 0 Å². The summed E-state index contributed by atoms with van der Waals surface area (Å²) in [5.41, 5.74) is 1.46. The van der Waals surface area contributed by atoms with Crippen molar-refractivity contribution in [3.8, 4) is 11.5 Å². The van der Waals surface area contributed by atoms with Crippen molar-refractivity contribution < 1.29 is 9.84 Å². The molecule has 0 bridgehead atoms. The van der Waals surface area contributed by atoms with Crippen molar-refractivity contribution in [3.05, 3.63) is 23.8 Å². The molecule has 0 aliphatic heterocycles. The van der Waals surface area contributed by atoms with Crippen molar-refractivity contribution in [2.75, 3.05) is 13.7 Å². The van der Waals surface area contributed by atoms with Gasteiger partial charge in [-0.05, 0) is 29.5 Å². The lowest BCUT2D eigenvalue weighted by atomic mass is 9.87. The van der Waals surface area contributed by atoms with Gasteiger partial charge in [0.05, 0.1) is 7.11 Å². The predicted molar refractivity (Wildman–Crippen MR) is 84.3 cm³/mol. The van der Waals surface area contributed by atoms with Crippen molar-refractivity contribution in [1.82, 2.24) is 5.32 Å². The number of hydrogen-bond donors (Lipinski definition) is 2. The van der Waals surface area contributed by atoms with Gasteiger partial charge in [-0.25, -0.2) is 0 Å². The van der Waals surface area contributed by atoms with E-state index in [9.17, 15) is 5.11 Å². The molecule has 0 saturated carbocycles. The highest BCUT2D eigenvalue weighted by atomic mass is 16.5. The van der Waals surface area contributed by atoms with Crippen LogP contribution in [0.5, 0.6) is 11.5 Å². The number of hydrogen-bond acceptors (Lipinski definition) is 3. The quantitative estimate of drug-likeness (QED) is 0.669. The van der Waals surface area contributed by atoms with Gasteiger partial charge in [-0.15, -0.1) is 0 Å². The zero-order valence-corrected chi connectivity index (χ0v) is 13.3. The van der Waals surface area contributed by atoms with E-state index >= 15 is 0 Å². The van der Waals surface area contributed by atoms with E-state index in [1.54, 1.807) is 13.2 Å². The zero-order valence-electron chi connectivity index (χ0n) is 13.3. The number of phenols is 1. The highest BCUT2D eigenvalue weighted by Gasteiger charge is 2.16. The number of nitrogens with one attached hydrogen (secondary N) is 1. The Morgan fingerprint density at radius 2 is 2.00 bits per heavy atom. The van der Waals surface area contributed by atoms with E-state index in [0.29, 0.717) is 11.2 Å². The minimum atomic E-state index is 0.191. The molecule has 1 rings (SSSR count). The molecule has 0 unspecified atom stereocenters. The Balaban J connectivity index is 2.39. The SMILES string of the molecule is CCCCCC(C)(C)CNCc1ccc(O)c(OC)c1. The third-order valence-electron chi connectivity index (χ3n) is 3.63. The summed E-state index contributed by atoms with van der Waals surface area (Å²) in [7, 11) is 1.57. The molecule has 0 saturated heterocycles. The standard InChI is InChI=1S/C17H29NO2/c1-5-6-7-10-17(2,3)13-18-12-14-8-9-15(19)16(11-14)20-4/h8-9,11,18-19H,5-7,10,12-13H2,1-4H3. The second-order valence-corrected chi connectivity index (χ2v) is 6.23. The van der Waals surface area contributed by atoms with Crippen LogP contribution in [0.25, 0.3) is 0 Å². The molecule has 20 heavy (non-hydrogen) atoms. The van der Waals surface area contributed by atoms with E-state index in [1.165, 1.54) is 25.7 Å². The average Bonchev–Trinajstić information content (AvgIpc) is 2.40. The molecule has 0 spiro atoms. The van der Waals surface area contributed by atoms with Crippen LogP contribution in [0.3, 0.4) is 0 Å². The van der Waals surface area contributed by atoms with Gasteiger partial charge in [0.15, 0.2) is 11.5 Å². The van der Waals surface area contributed by atoms with Crippen LogP contribution in [0.15, 0.2) is 18.2 Å². The molecule has 0 radical (unpaired) electrons. The summed E-state index contributed by atoms with van der Waals surface area (Å²) < 4.78 is 5.12. The summed E-state index contributed by atoms with van der Waals surface area (Å²) in [4.78, 5) is 0. The molecule has 0 amide bonds. The van der Waals surface area contributed by atoms with Crippen molar-refractivity contribution in [2.45, 2.75) is 53.0 Å². The molecule has 1 aromatic rings. The second-order valence-electron chi connectivity index (χ2n) is 6.23. The first-order chi connectivity index (χ1) is 9.48. The molecule has 0 fully saturated rings. The Kier molecular flexibility index (Phi) is 6.86. The molecular weight excluding hydrogens is 250 g/mol. The van der Waals surface area contributed by atoms with Gasteiger partial charge in [-0.2, -0.15) is 0 Å². The van der Waals surface area contributed by atoms with Crippen LogP contribution in [0, 0.1) is 5.41 Å². The van der Waals surface area contributed by atoms with Gasteiger partial charge in [0, 0.05) is 13.1 Å². The maximum Gasteiger partial charge on any atom is 0.160 e. The normalized spacial score (nSPS) is 11.6. The second kappa shape index (κ2) is 8.15. The summed E-state index contributed by atoms with van der Waals surface area (Å²) >= 11 is 0. The van der Waals surface area contributed by atoms with E-state index < -0.39 is 0 Å². The van der Waals surface area contributed by atoms with Gasteiger partial charge in [0.1, 0.15) is 0 Å². The molecule has 0 atom stereocenters. The first-order valence-corrected chi connectivity index (χ1v) is 7.55. The first-order valence-electron chi connectivity index (χ1n) is 7.55. The Hall–Kier alpha value is -1.22. The summed E-state index contributed by atoms with van der Waals surface area (Å²) in [6, 6.07) is 5.49. The van der Waals surface area contributed by atoms with Gasteiger partial charge in [0.25, 0.3) is 0 Å². The Morgan fingerprint density at radius 3 is 2.65 bits per heavy atom. The van der Waals surface area contributed by atoms with E-state index in [2.05, 4.69) is 26.1 Å². The third-order valence-corrected chi connectivity index (χ3v) is 3.63. The van der Waals surface area contributed by atoms with Crippen LogP contribution >= 0.6 is 0 Å². The van der Waals surface area contributed by atoms with Crippen molar-refractivity contribution >= 4 is 0 Å². The lowest BCUT2D eigenvalue weighted by Gasteiger charge is -2.25. The summed E-state index contributed by atoms with van der Waals surface area (Å²) in [5.74, 6) is 0.725. The number of methoxy groups -OCH3 is 1. The Bertz CT molecular complexity index is 402. The van der Waals surface area contributed by atoms with E-state index in [0.717, 1.165) is 18.7 Å². The fourth-order valence-electron chi connectivity index (χ4n) is 2.32. The van der Waals surface area contributed by atoms with E-state index in [4.69, 9.17) is 4.74 Å². The maximum atomic E-state index is 9.56.